The lowest BCUT2D eigenvalue weighted by Gasteiger charge is -2.02. The molecule has 1 aromatic rings. The van der Waals surface area contributed by atoms with Crippen molar-refractivity contribution in [2.75, 3.05) is 5.32 Å². The first kappa shape index (κ1) is 12.7. The van der Waals surface area contributed by atoms with Crippen LogP contribution in [-0.2, 0) is 9.59 Å². The van der Waals surface area contributed by atoms with Crippen LogP contribution in [0.15, 0.2) is 10.6 Å². The Bertz CT molecular complexity index is 440. The maximum atomic E-state index is 11.2. The average molecular weight is 241 g/mol. The van der Waals surface area contributed by atoms with Gasteiger partial charge in [0.05, 0.1) is 12.1 Å². The normalized spacial score (nSPS) is 9.71. The van der Waals surface area contributed by atoms with Gasteiger partial charge in [-0.15, -0.1) is 0 Å². The van der Waals surface area contributed by atoms with Crippen molar-refractivity contribution in [1.29, 1.82) is 0 Å². The first-order valence-corrected chi connectivity index (χ1v) is 4.73. The van der Waals surface area contributed by atoms with E-state index in [4.69, 9.17) is 5.11 Å². The number of aliphatic carboxylic acids is 1. The predicted molar refractivity (Wildman–Crippen MR) is 55.3 cm³/mol. The summed E-state index contributed by atoms with van der Waals surface area (Å²) in [6.07, 6.45) is -0.598. The summed E-state index contributed by atoms with van der Waals surface area (Å²) in [5, 5.41) is 16.0. The monoisotopic (exact) mass is 241 g/mol. The number of nitrogens with zero attached hydrogens (tertiary/aromatic N) is 1. The highest BCUT2D eigenvalue weighted by atomic mass is 16.5. The Morgan fingerprint density at radius 3 is 2.65 bits per heavy atom. The van der Waals surface area contributed by atoms with Crippen LogP contribution in [-0.4, -0.2) is 28.2 Å². The zero-order valence-corrected chi connectivity index (χ0v) is 9.02. The molecular weight excluding hydrogens is 230 g/mol. The number of aromatic nitrogens is 1. The number of aryl methyl sites for hydroxylation is 1. The standard InChI is InChI=1S/C9H11N3O5/c1-5-4-7(17-12-5)11-9(16)10-6(13)2-3-8(14)15/h4H,2-3H2,1H3,(H,14,15)(H2,10,11,13,16). The maximum absolute atomic E-state index is 11.2. The molecule has 0 aliphatic rings. The van der Waals surface area contributed by atoms with E-state index in [2.05, 4.69) is 15.0 Å². The second-order valence-electron chi connectivity index (χ2n) is 3.23. The van der Waals surface area contributed by atoms with Crippen molar-refractivity contribution < 1.29 is 24.0 Å². The fourth-order valence-electron chi connectivity index (χ4n) is 0.975. The summed E-state index contributed by atoms with van der Waals surface area (Å²) in [6, 6.07) is 0.679. The quantitative estimate of drug-likeness (QED) is 0.705. The van der Waals surface area contributed by atoms with Crippen LogP contribution in [0.2, 0.25) is 0 Å². The van der Waals surface area contributed by atoms with Crippen molar-refractivity contribution in [2.24, 2.45) is 0 Å². The topological polar surface area (TPSA) is 122 Å². The molecule has 1 heterocycles. The number of imide groups is 1. The smallest absolute Gasteiger partial charge is 0.328 e. The third kappa shape index (κ3) is 4.78. The summed E-state index contributed by atoms with van der Waals surface area (Å²) < 4.78 is 4.69. The first-order chi connectivity index (χ1) is 7.97. The molecule has 0 radical (unpaired) electrons. The van der Waals surface area contributed by atoms with Gasteiger partial charge in [0.2, 0.25) is 11.8 Å². The van der Waals surface area contributed by atoms with Crippen LogP contribution in [0.5, 0.6) is 0 Å². The molecular formula is C9H11N3O5. The van der Waals surface area contributed by atoms with Crippen LogP contribution < -0.4 is 10.6 Å². The van der Waals surface area contributed by atoms with Gasteiger partial charge in [-0.25, -0.2) is 4.79 Å². The summed E-state index contributed by atoms with van der Waals surface area (Å²) in [6.45, 7) is 1.67. The van der Waals surface area contributed by atoms with Gasteiger partial charge in [-0.05, 0) is 6.92 Å². The third-order valence-corrected chi connectivity index (χ3v) is 1.68. The predicted octanol–water partition coefficient (Wildman–Crippen LogP) is 0.496. The Hall–Kier alpha value is -2.38. The molecule has 0 bridgehead atoms. The number of carbonyl (C=O) groups is 3. The second kappa shape index (κ2) is 5.64. The van der Waals surface area contributed by atoms with Gasteiger partial charge in [0.25, 0.3) is 0 Å². The zero-order chi connectivity index (χ0) is 12.8. The van der Waals surface area contributed by atoms with Crippen molar-refractivity contribution in [3.05, 3.63) is 11.8 Å². The van der Waals surface area contributed by atoms with Gasteiger partial charge in [-0.1, -0.05) is 5.16 Å². The molecule has 3 N–H and O–H groups in total. The average Bonchev–Trinajstić information content (AvgIpc) is 2.60. The van der Waals surface area contributed by atoms with Crippen molar-refractivity contribution >= 4 is 23.8 Å². The van der Waals surface area contributed by atoms with E-state index in [-0.39, 0.29) is 18.7 Å². The Kier molecular flexibility index (Phi) is 4.21. The molecule has 1 rings (SSSR count). The third-order valence-electron chi connectivity index (χ3n) is 1.68. The van der Waals surface area contributed by atoms with Crippen molar-refractivity contribution in [2.45, 2.75) is 19.8 Å². The molecule has 0 saturated heterocycles. The van der Waals surface area contributed by atoms with Gasteiger partial charge >= 0.3 is 12.0 Å². The summed E-state index contributed by atoms with van der Waals surface area (Å²) >= 11 is 0. The minimum Gasteiger partial charge on any atom is -0.481 e. The highest BCUT2D eigenvalue weighted by Gasteiger charge is 2.11. The van der Waals surface area contributed by atoms with E-state index in [0.717, 1.165) is 0 Å². The minimum absolute atomic E-state index is 0.103. The number of amides is 3. The second-order valence-corrected chi connectivity index (χ2v) is 3.23. The summed E-state index contributed by atoms with van der Waals surface area (Å²) in [4.78, 5) is 32.4. The Morgan fingerprint density at radius 2 is 2.12 bits per heavy atom. The fraction of sp³-hybridized carbons (Fsp3) is 0.333. The summed E-state index contributed by atoms with van der Waals surface area (Å²) in [7, 11) is 0. The molecule has 0 aliphatic heterocycles. The summed E-state index contributed by atoms with van der Waals surface area (Å²) in [5.74, 6) is -1.68. The van der Waals surface area contributed by atoms with E-state index in [1.807, 2.05) is 5.32 Å². The highest BCUT2D eigenvalue weighted by Crippen LogP contribution is 2.07. The van der Waals surface area contributed by atoms with Crippen molar-refractivity contribution in [3.63, 3.8) is 0 Å². The molecule has 0 aromatic carbocycles. The van der Waals surface area contributed by atoms with Crippen LogP contribution in [0.4, 0.5) is 10.7 Å². The summed E-state index contributed by atoms with van der Waals surface area (Å²) in [5.41, 5.74) is 0.581. The Balaban J connectivity index is 2.34. The van der Waals surface area contributed by atoms with Gasteiger partial charge in [-0.2, -0.15) is 0 Å². The molecule has 0 aliphatic carbocycles. The van der Waals surface area contributed by atoms with Gasteiger partial charge in [0.1, 0.15) is 0 Å². The molecule has 0 spiro atoms. The largest absolute Gasteiger partial charge is 0.481 e. The fourth-order valence-corrected chi connectivity index (χ4v) is 0.975. The van der Waals surface area contributed by atoms with Crippen molar-refractivity contribution in [1.82, 2.24) is 10.5 Å². The van der Waals surface area contributed by atoms with Crippen LogP contribution in [0.25, 0.3) is 0 Å². The van der Waals surface area contributed by atoms with Crippen LogP contribution in [0.3, 0.4) is 0 Å². The first-order valence-electron chi connectivity index (χ1n) is 4.73. The molecule has 0 saturated carbocycles. The lowest BCUT2D eigenvalue weighted by molar-refractivity contribution is -0.138. The molecule has 0 unspecified atom stereocenters. The number of carbonyl (C=O) groups excluding carboxylic acids is 2. The Labute approximate surface area is 96.0 Å². The molecule has 1 aromatic heterocycles. The van der Waals surface area contributed by atoms with Crippen LogP contribution >= 0.6 is 0 Å². The maximum Gasteiger partial charge on any atom is 0.328 e. The number of hydrogen-bond donors (Lipinski definition) is 3. The van der Waals surface area contributed by atoms with E-state index < -0.39 is 17.9 Å². The number of anilines is 1. The molecule has 0 fully saturated rings. The van der Waals surface area contributed by atoms with Crippen molar-refractivity contribution in [3.8, 4) is 0 Å². The Morgan fingerprint density at radius 1 is 1.41 bits per heavy atom. The molecule has 0 atom stereocenters. The van der Waals surface area contributed by atoms with Gasteiger partial charge in [0, 0.05) is 12.5 Å². The number of rotatable bonds is 4. The zero-order valence-electron chi connectivity index (χ0n) is 9.02. The SMILES string of the molecule is Cc1cc(NC(=O)NC(=O)CCC(=O)O)on1. The highest BCUT2D eigenvalue weighted by molar-refractivity contribution is 6.01. The molecule has 17 heavy (non-hydrogen) atoms. The number of carboxylic acid groups (broad SMARTS) is 1. The minimum atomic E-state index is -1.11. The van der Waals surface area contributed by atoms with Gasteiger partial charge in [-0.3, -0.25) is 20.2 Å². The van der Waals surface area contributed by atoms with Gasteiger partial charge < -0.3 is 9.63 Å². The van der Waals surface area contributed by atoms with E-state index in [1.165, 1.54) is 6.07 Å². The van der Waals surface area contributed by atoms with Gasteiger partial charge in [0.15, 0.2) is 0 Å². The molecule has 3 amide bonds. The molecule has 92 valence electrons. The van der Waals surface area contributed by atoms with E-state index in [0.29, 0.717) is 5.69 Å². The van der Waals surface area contributed by atoms with E-state index in [9.17, 15) is 14.4 Å². The lowest BCUT2D eigenvalue weighted by atomic mass is 10.3. The number of urea groups is 1. The van der Waals surface area contributed by atoms with E-state index >= 15 is 0 Å². The van der Waals surface area contributed by atoms with Crippen LogP contribution in [0.1, 0.15) is 18.5 Å². The number of carboxylic acids is 1. The number of hydrogen-bond acceptors (Lipinski definition) is 5. The van der Waals surface area contributed by atoms with Crippen LogP contribution in [0, 0.1) is 6.92 Å². The number of nitrogens with one attached hydrogen (secondary N) is 2. The lowest BCUT2D eigenvalue weighted by Crippen LogP contribution is -2.34. The molecule has 8 heteroatoms. The molecule has 8 nitrogen and oxygen atoms in total. The van der Waals surface area contributed by atoms with E-state index in [1.54, 1.807) is 6.92 Å².